The van der Waals surface area contributed by atoms with Crippen molar-refractivity contribution in [2.45, 2.75) is 64.2 Å². The molecule has 3 N–H and O–H groups in total. The highest BCUT2D eigenvalue weighted by molar-refractivity contribution is 5.97. The largest absolute Gasteiger partial charge is 0.350 e. The number of hydrogen-bond donors (Lipinski definition) is 3. The minimum atomic E-state index is -1.04. The Morgan fingerprint density at radius 2 is 1.59 bits per heavy atom. The molecule has 1 saturated heterocycles. The lowest BCUT2D eigenvalue weighted by Crippen LogP contribution is -2.57. The minimum Gasteiger partial charge on any atom is -0.350 e. The molecule has 0 unspecified atom stereocenters. The van der Waals surface area contributed by atoms with Gasteiger partial charge in [0.25, 0.3) is 0 Å². The highest BCUT2D eigenvalue weighted by Gasteiger charge is 2.36. The van der Waals surface area contributed by atoms with Crippen LogP contribution in [-0.4, -0.2) is 53.2 Å². The number of carbonyl (C=O) groups excluding carboxylic acids is 4. The van der Waals surface area contributed by atoms with Crippen LogP contribution < -0.4 is 16.0 Å². The molecular weight excluding hydrogens is 590 g/mol. The fourth-order valence-electron chi connectivity index (χ4n) is 5.40. The molecule has 1 fully saturated rings. The van der Waals surface area contributed by atoms with E-state index in [1.807, 2.05) is 74.5 Å². The fraction of sp³-hybridized carbons (Fsp3) is 0.333. The molecule has 0 radical (unpaired) electrons. The van der Waals surface area contributed by atoms with Crippen molar-refractivity contribution < 1.29 is 28.0 Å². The van der Waals surface area contributed by atoms with Gasteiger partial charge in [-0.1, -0.05) is 80.6 Å². The second-order valence-corrected chi connectivity index (χ2v) is 11.8. The summed E-state index contributed by atoms with van der Waals surface area (Å²) in [4.78, 5) is 55.0. The van der Waals surface area contributed by atoms with Crippen LogP contribution in [0.5, 0.6) is 0 Å². The van der Waals surface area contributed by atoms with Gasteiger partial charge in [-0.2, -0.15) is 0 Å². The third-order valence-corrected chi connectivity index (χ3v) is 7.78. The lowest BCUT2D eigenvalue weighted by molar-refractivity contribution is -0.137. The number of likely N-dealkylation sites (tertiary alicyclic amines) is 1. The average molecular weight is 631 g/mol. The van der Waals surface area contributed by atoms with Gasteiger partial charge < -0.3 is 20.9 Å². The van der Waals surface area contributed by atoms with E-state index in [9.17, 15) is 28.0 Å². The third kappa shape index (κ3) is 9.82. The first-order valence-electron chi connectivity index (χ1n) is 15.5. The zero-order chi connectivity index (χ0) is 33.1. The van der Waals surface area contributed by atoms with E-state index in [1.165, 1.54) is 17.0 Å². The normalized spacial score (nSPS) is 15.8. The van der Waals surface area contributed by atoms with Gasteiger partial charge in [0, 0.05) is 37.2 Å². The summed E-state index contributed by atoms with van der Waals surface area (Å²) in [5.41, 5.74) is 1.74. The molecule has 1 aliphatic rings. The van der Waals surface area contributed by atoms with E-state index in [1.54, 1.807) is 6.08 Å². The first-order valence-corrected chi connectivity index (χ1v) is 15.5. The van der Waals surface area contributed by atoms with Crippen LogP contribution in [0.25, 0.3) is 6.08 Å². The van der Waals surface area contributed by atoms with E-state index in [-0.39, 0.29) is 30.4 Å². The van der Waals surface area contributed by atoms with E-state index >= 15 is 0 Å². The van der Waals surface area contributed by atoms with Crippen LogP contribution in [0.2, 0.25) is 0 Å². The van der Waals surface area contributed by atoms with E-state index in [2.05, 4.69) is 16.0 Å². The minimum absolute atomic E-state index is 0.0222. The van der Waals surface area contributed by atoms with Crippen LogP contribution in [0.1, 0.15) is 49.8 Å². The highest BCUT2D eigenvalue weighted by Crippen LogP contribution is 2.19. The number of rotatable bonds is 13. The molecule has 242 valence electrons. The second kappa shape index (κ2) is 16.5. The van der Waals surface area contributed by atoms with Crippen LogP contribution in [-0.2, 0) is 32.1 Å². The van der Waals surface area contributed by atoms with Crippen molar-refractivity contribution in [3.63, 3.8) is 0 Å². The number of halogens is 2. The molecule has 3 atom stereocenters. The molecule has 0 aromatic heterocycles. The van der Waals surface area contributed by atoms with Gasteiger partial charge >= 0.3 is 0 Å². The molecule has 0 bridgehead atoms. The molecule has 46 heavy (non-hydrogen) atoms. The van der Waals surface area contributed by atoms with E-state index in [0.29, 0.717) is 25.8 Å². The Hall–Kier alpha value is -4.86. The fourth-order valence-corrected chi connectivity index (χ4v) is 5.40. The second-order valence-electron chi connectivity index (χ2n) is 11.8. The first kappa shape index (κ1) is 34.0. The molecule has 0 spiro atoms. The molecule has 10 heteroatoms. The quantitative estimate of drug-likeness (QED) is 0.241. The maximum Gasteiger partial charge on any atom is 0.247 e. The molecule has 1 aliphatic heterocycles. The van der Waals surface area contributed by atoms with E-state index < -0.39 is 47.5 Å². The topological polar surface area (TPSA) is 108 Å². The predicted octanol–water partition coefficient (Wildman–Crippen LogP) is 4.54. The Morgan fingerprint density at radius 3 is 2.26 bits per heavy atom. The summed E-state index contributed by atoms with van der Waals surface area (Å²) in [5.74, 6) is -3.33. The molecule has 0 saturated carbocycles. The Balaban J connectivity index is 1.45. The molecular formula is C36H40F2N4O4. The average Bonchev–Trinajstić information content (AvgIpc) is 3.54. The van der Waals surface area contributed by atoms with Crippen LogP contribution in [0.15, 0.2) is 84.9 Å². The summed E-state index contributed by atoms with van der Waals surface area (Å²) in [6, 6.07) is 18.8. The van der Waals surface area contributed by atoms with Crippen molar-refractivity contribution in [3.05, 3.63) is 113 Å². The van der Waals surface area contributed by atoms with Crippen molar-refractivity contribution in [1.82, 2.24) is 20.9 Å². The summed E-state index contributed by atoms with van der Waals surface area (Å²) in [6.45, 7) is 4.04. The smallest absolute Gasteiger partial charge is 0.247 e. The van der Waals surface area contributed by atoms with Crippen molar-refractivity contribution >= 4 is 29.7 Å². The van der Waals surface area contributed by atoms with Crippen molar-refractivity contribution in [3.8, 4) is 0 Å². The first-order chi connectivity index (χ1) is 22.1. The van der Waals surface area contributed by atoms with Crippen molar-refractivity contribution in [2.24, 2.45) is 5.92 Å². The van der Waals surface area contributed by atoms with Gasteiger partial charge in [-0.25, -0.2) is 8.78 Å². The monoisotopic (exact) mass is 630 g/mol. The summed E-state index contributed by atoms with van der Waals surface area (Å²) in [6.07, 6.45) is 4.71. The van der Waals surface area contributed by atoms with Gasteiger partial charge in [-0.3, -0.25) is 19.2 Å². The zero-order valence-electron chi connectivity index (χ0n) is 26.0. The zero-order valence-corrected chi connectivity index (χ0v) is 26.0. The Morgan fingerprint density at radius 1 is 0.891 bits per heavy atom. The molecule has 3 aromatic rings. The number of carbonyl (C=O) groups is 4. The van der Waals surface area contributed by atoms with Gasteiger partial charge in [-0.05, 0) is 48.4 Å². The number of benzene rings is 3. The Labute approximate surface area is 268 Å². The standard InChI is InChI=1S/C36H40F2N4O4/c1-24(2)20-30(41-36(46)32-14-9-19-42(32)33(43)18-15-25-10-5-3-6-11-25)35(45)40-31(21-26-12-7-4-8-13-26)34(44)39-23-27-16-17-28(37)22-29(27)38/h3-8,10-13,15-18,22,24,30-32H,9,14,19-21,23H2,1-2H3,(H,39,44)(H,40,45)(H,41,46)/b18-15+/t30-,31-,32-/m0/s1. The predicted molar refractivity (Wildman–Crippen MR) is 172 cm³/mol. The van der Waals surface area contributed by atoms with Crippen LogP contribution in [0.4, 0.5) is 8.78 Å². The van der Waals surface area contributed by atoms with E-state index in [4.69, 9.17) is 0 Å². The van der Waals surface area contributed by atoms with Crippen molar-refractivity contribution in [1.29, 1.82) is 0 Å². The summed E-state index contributed by atoms with van der Waals surface area (Å²) in [5, 5.41) is 8.27. The molecule has 0 aliphatic carbocycles. The SMILES string of the molecule is CC(C)C[C@H](NC(=O)[C@@H]1CCCN1C(=O)/C=C/c1ccccc1)C(=O)N[C@@H](Cc1ccccc1)C(=O)NCc1ccc(F)cc1F. The third-order valence-electron chi connectivity index (χ3n) is 7.78. The molecule has 4 amide bonds. The molecule has 4 rings (SSSR count). The number of hydrogen-bond acceptors (Lipinski definition) is 4. The van der Waals surface area contributed by atoms with Crippen molar-refractivity contribution in [2.75, 3.05) is 6.54 Å². The highest BCUT2D eigenvalue weighted by atomic mass is 19.1. The molecule has 3 aromatic carbocycles. The van der Waals surface area contributed by atoms with Gasteiger partial charge in [0.2, 0.25) is 23.6 Å². The maximum atomic E-state index is 14.2. The molecule has 8 nitrogen and oxygen atoms in total. The summed E-state index contributed by atoms with van der Waals surface area (Å²) in [7, 11) is 0. The summed E-state index contributed by atoms with van der Waals surface area (Å²) < 4.78 is 27.6. The Kier molecular flexibility index (Phi) is 12.2. The number of nitrogens with one attached hydrogen (secondary N) is 3. The van der Waals surface area contributed by atoms with Gasteiger partial charge in [0.15, 0.2) is 0 Å². The lowest BCUT2D eigenvalue weighted by atomic mass is 10.0. The van der Waals surface area contributed by atoms with Gasteiger partial charge in [-0.15, -0.1) is 0 Å². The van der Waals surface area contributed by atoms with Gasteiger partial charge in [0.05, 0.1) is 0 Å². The molecule has 1 heterocycles. The van der Waals surface area contributed by atoms with Crippen LogP contribution in [0.3, 0.4) is 0 Å². The van der Waals surface area contributed by atoms with E-state index in [0.717, 1.165) is 23.3 Å². The van der Waals surface area contributed by atoms with Crippen LogP contribution >= 0.6 is 0 Å². The number of nitrogens with zero attached hydrogens (tertiary/aromatic N) is 1. The van der Waals surface area contributed by atoms with Gasteiger partial charge in [0.1, 0.15) is 29.8 Å². The lowest BCUT2D eigenvalue weighted by Gasteiger charge is -2.27. The maximum absolute atomic E-state index is 14.2. The summed E-state index contributed by atoms with van der Waals surface area (Å²) >= 11 is 0. The Bertz CT molecular complexity index is 1530. The van der Waals surface area contributed by atoms with Crippen LogP contribution in [0, 0.1) is 17.6 Å². The number of amides is 4.